The maximum Gasteiger partial charge on any atom is 0.251 e. The lowest BCUT2D eigenvalue weighted by molar-refractivity contribution is -0.120. The smallest absolute Gasteiger partial charge is 0.251 e. The van der Waals surface area contributed by atoms with Gasteiger partial charge in [-0.2, -0.15) is 0 Å². The predicted octanol–water partition coefficient (Wildman–Crippen LogP) is 2.36. The van der Waals surface area contributed by atoms with Gasteiger partial charge in [0.05, 0.1) is 6.42 Å². The Kier molecular flexibility index (Phi) is 6.01. The molecule has 6 heteroatoms. The van der Waals surface area contributed by atoms with Gasteiger partial charge in [-0.3, -0.25) is 9.59 Å². The Morgan fingerprint density at radius 1 is 1.00 bits per heavy atom. The first-order valence-corrected chi connectivity index (χ1v) is 7.51. The normalized spacial score (nSPS) is 10.3. The van der Waals surface area contributed by atoms with E-state index in [-0.39, 0.29) is 31.0 Å². The molecule has 0 heterocycles. The summed E-state index contributed by atoms with van der Waals surface area (Å²) in [7, 11) is 0. The summed E-state index contributed by atoms with van der Waals surface area (Å²) in [4.78, 5) is 23.6. The predicted molar refractivity (Wildman–Crippen MR) is 86.6 cm³/mol. The van der Waals surface area contributed by atoms with Crippen LogP contribution >= 0.6 is 0 Å². The van der Waals surface area contributed by atoms with Gasteiger partial charge >= 0.3 is 0 Å². The fraction of sp³-hybridized carbons (Fsp3) is 0.222. The molecule has 0 radical (unpaired) electrons. The molecule has 0 saturated heterocycles. The second kappa shape index (κ2) is 8.19. The Bertz CT molecular complexity index is 748. The van der Waals surface area contributed by atoms with E-state index in [9.17, 15) is 18.4 Å². The topological polar surface area (TPSA) is 58.2 Å². The van der Waals surface area contributed by atoms with E-state index < -0.39 is 17.5 Å². The van der Waals surface area contributed by atoms with Crippen molar-refractivity contribution in [3.63, 3.8) is 0 Å². The molecule has 0 fully saturated rings. The molecule has 126 valence electrons. The van der Waals surface area contributed by atoms with Crippen LogP contribution in [0.5, 0.6) is 0 Å². The van der Waals surface area contributed by atoms with Crippen LogP contribution in [-0.2, 0) is 11.2 Å². The maximum absolute atomic E-state index is 13.4. The molecule has 2 rings (SSSR count). The number of benzene rings is 2. The molecule has 2 aromatic carbocycles. The lowest BCUT2D eigenvalue weighted by Gasteiger charge is -2.08. The number of hydrogen-bond acceptors (Lipinski definition) is 2. The summed E-state index contributed by atoms with van der Waals surface area (Å²) in [6.45, 7) is 2.06. The Morgan fingerprint density at radius 2 is 1.75 bits per heavy atom. The van der Waals surface area contributed by atoms with Crippen LogP contribution in [0.3, 0.4) is 0 Å². The van der Waals surface area contributed by atoms with E-state index in [4.69, 9.17) is 0 Å². The van der Waals surface area contributed by atoms with Gasteiger partial charge in [-0.1, -0.05) is 18.2 Å². The van der Waals surface area contributed by atoms with Crippen molar-refractivity contribution < 1.29 is 18.4 Å². The summed E-state index contributed by atoms with van der Waals surface area (Å²) in [5.41, 5.74) is 1.27. The summed E-state index contributed by atoms with van der Waals surface area (Å²) in [6, 6.07) is 10.1. The number of halogens is 2. The number of nitrogens with one attached hydrogen (secondary N) is 2. The molecule has 0 unspecified atom stereocenters. The molecule has 0 aromatic heterocycles. The fourth-order valence-corrected chi connectivity index (χ4v) is 2.11. The minimum absolute atomic E-state index is 0.0644. The number of carbonyl (C=O) groups excluding carboxylic acids is 2. The average molecular weight is 332 g/mol. The summed E-state index contributed by atoms with van der Waals surface area (Å²) in [5.74, 6) is -1.51. The van der Waals surface area contributed by atoms with Gasteiger partial charge in [0.25, 0.3) is 5.91 Å². The van der Waals surface area contributed by atoms with Crippen LogP contribution < -0.4 is 10.6 Å². The van der Waals surface area contributed by atoms with Gasteiger partial charge in [-0.05, 0) is 42.3 Å². The number of amides is 2. The van der Waals surface area contributed by atoms with Crippen molar-refractivity contribution in [3.8, 4) is 0 Å². The Labute approximate surface area is 138 Å². The van der Waals surface area contributed by atoms with Crippen molar-refractivity contribution in [1.29, 1.82) is 0 Å². The zero-order chi connectivity index (χ0) is 17.5. The van der Waals surface area contributed by atoms with Crippen molar-refractivity contribution in [2.24, 2.45) is 0 Å². The SMILES string of the molecule is Cc1ccc(C(=O)NCCNC(=O)Cc2cccc(F)c2)cc1F. The monoisotopic (exact) mass is 332 g/mol. The van der Waals surface area contributed by atoms with Crippen molar-refractivity contribution in [1.82, 2.24) is 10.6 Å². The Balaban J connectivity index is 1.73. The minimum Gasteiger partial charge on any atom is -0.354 e. The van der Waals surface area contributed by atoms with E-state index in [2.05, 4.69) is 10.6 Å². The highest BCUT2D eigenvalue weighted by Gasteiger charge is 2.08. The van der Waals surface area contributed by atoms with Gasteiger partial charge < -0.3 is 10.6 Å². The third kappa shape index (κ3) is 5.15. The van der Waals surface area contributed by atoms with Crippen LogP contribution in [0.2, 0.25) is 0 Å². The van der Waals surface area contributed by atoms with Crippen LogP contribution in [0.15, 0.2) is 42.5 Å². The van der Waals surface area contributed by atoms with Crippen molar-refractivity contribution in [3.05, 3.63) is 70.8 Å². The van der Waals surface area contributed by atoms with Gasteiger partial charge in [0, 0.05) is 18.7 Å². The molecule has 2 aromatic rings. The Hall–Kier alpha value is -2.76. The summed E-state index contributed by atoms with van der Waals surface area (Å²) >= 11 is 0. The van der Waals surface area contributed by atoms with Crippen LogP contribution in [0.4, 0.5) is 8.78 Å². The first-order chi connectivity index (χ1) is 11.5. The lowest BCUT2D eigenvalue weighted by atomic mass is 10.1. The third-order valence-electron chi connectivity index (χ3n) is 3.42. The molecule has 0 bridgehead atoms. The van der Waals surface area contributed by atoms with Gasteiger partial charge in [-0.15, -0.1) is 0 Å². The molecule has 2 amide bonds. The van der Waals surface area contributed by atoms with E-state index in [1.165, 1.54) is 30.3 Å². The van der Waals surface area contributed by atoms with Crippen LogP contribution in [0.1, 0.15) is 21.5 Å². The highest BCUT2D eigenvalue weighted by Crippen LogP contribution is 2.08. The van der Waals surface area contributed by atoms with Gasteiger partial charge in [0.2, 0.25) is 5.91 Å². The molecule has 0 spiro atoms. The molecule has 0 aliphatic heterocycles. The van der Waals surface area contributed by atoms with Gasteiger partial charge in [0.1, 0.15) is 11.6 Å². The molecule has 2 N–H and O–H groups in total. The van der Waals surface area contributed by atoms with E-state index >= 15 is 0 Å². The van der Waals surface area contributed by atoms with Crippen molar-refractivity contribution >= 4 is 11.8 Å². The molecule has 0 aliphatic carbocycles. The van der Waals surface area contributed by atoms with Crippen molar-refractivity contribution in [2.45, 2.75) is 13.3 Å². The maximum atomic E-state index is 13.4. The second-order valence-corrected chi connectivity index (χ2v) is 5.38. The first-order valence-electron chi connectivity index (χ1n) is 7.51. The highest BCUT2D eigenvalue weighted by atomic mass is 19.1. The number of carbonyl (C=O) groups is 2. The number of aryl methyl sites for hydroxylation is 1. The van der Waals surface area contributed by atoms with E-state index in [0.29, 0.717) is 11.1 Å². The largest absolute Gasteiger partial charge is 0.354 e. The summed E-state index contributed by atoms with van der Waals surface area (Å²) in [6.07, 6.45) is 0.0644. The molecular weight excluding hydrogens is 314 g/mol. The fourth-order valence-electron chi connectivity index (χ4n) is 2.11. The third-order valence-corrected chi connectivity index (χ3v) is 3.42. The molecule has 0 aliphatic rings. The molecular formula is C18H18F2N2O2. The van der Waals surface area contributed by atoms with E-state index in [1.807, 2.05) is 0 Å². The standard InChI is InChI=1S/C18H18F2N2O2/c1-12-5-6-14(11-16(12)20)18(24)22-8-7-21-17(23)10-13-3-2-4-15(19)9-13/h2-6,9,11H,7-8,10H2,1H3,(H,21,23)(H,22,24). The van der Waals surface area contributed by atoms with E-state index in [0.717, 1.165) is 0 Å². The quantitative estimate of drug-likeness (QED) is 0.798. The van der Waals surface area contributed by atoms with Gasteiger partial charge in [0.15, 0.2) is 0 Å². The first kappa shape index (κ1) is 17.6. The zero-order valence-electron chi connectivity index (χ0n) is 13.2. The average Bonchev–Trinajstić information content (AvgIpc) is 2.54. The van der Waals surface area contributed by atoms with E-state index in [1.54, 1.807) is 19.1 Å². The van der Waals surface area contributed by atoms with Gasteiger partial charge in [-0.25, -0.2) is 8.78 Å². The summed E-state index contributed by atoms with van der Waals surface area (Å²) in [5, 5.41) is 5.22. The van der Waals surface area contributed by atoms with Crippen LogP contribution in [0.25, 0.3) is 0 Å². The van der Waals surface area contributed by atoms with Crippen molar-refractivity contribution in [2.75, 3.05) is 13.1 Å². The lowest BCUT2D eigenvalue weighted by Crippen LogP contribution is -2.35. The molecule has 4 nitrogen and oxygen atoms in total. The summed E-state index contributed by atoms with van der Waals surface area (Å²) < 4.78 is 26.4. The molecule has 24 heavy (non-hydrogen) atoms. The second-order valence-electron chi connectivity index (χ2n) is 5.38. The number of rotatable bonds is 6. The number of hydrogen-bond donors (Lipinski definition) is 2. The minimum atomic E-state index is -0.439. The highest BCUT2D eigenvalue weighted by molar-refractivity contribution is 5.94. The van der Waals surface area contributed by atoms with Crippen LogP contribution in [-0.4, -0.2) is 24.9 Å². The zero-order valence-corrected chi connectivity index (χ0v) is 13.2. The molecule has 0 atom stereocenters. The Morgan fingerprint density at radius 3 is 2.46 bits per heavy atom. The van der Waals surface area contributed by atoms with Crippen LogP contribution in [0, 0.1) is 18.6 Å². The molecule has 0 saturated carbocycles.